The topological polar surface area (TPSA) is 73.8 Å². The number of imide groups is 1. The lowest BCUT2D eigenvalue weighted by Crippen LogP contribution is -2.42. The van der Waals surface area contributed by atoms with Gasteiger partial charge in [-0.1, -0.05) is 24.3 Å². The summed E-state index contributed by atoms with van der Waals surface area (Å²) in [5, 5.41) is 5.96. The molecule has 0 spiro atoms. The van der Waals surface area contributed by atoms with Gasteiger partial charge in [0.2, 0.25) is 0 Å². The molecule has 2 aromatic carbocycles. The minimum Gasteiger partial charge on any atom is -0.355 e. The number of aliphatic imine (C=N–C) groups is 1. The molecule has 2 amide bonds. The summed E-state index contributed by atoms with van der Waals surface area (Å²) in [5.74, 6) is -0.262. The third kappa shape index (κ3) is 5.29. The second-order valence-electron chi connectivity index (χ2n) is 6.35. The van der Waals surface area contributed by atoms with Gasteiger partial charge in [-0.25, -0.2) is 0 Å². The van der Waals surface area contributed by atoms with E-state index in [0.29, 0.717) is 22.6 Å². The molecule has 0 radical (unpaired) electrons. The van der Waals surface area contributed by atoms with Crippen LogP contribution in [0.5, 0.6) is 0 Å². The molecule has 10 heteroatoms. The number of nitrogens with one attached hydrogen (secondary N) is 2. The number of guanidine groups is 1. The number of hydrogen-bond acceptors (Lipinski definition) is 3. The Morgan fingerprint density at radius 2 is 1.53 bits per heavy atom. The molecule has 0 saturated heterocycles. The Kier molecular flexibility index (Phi) is 7.82. The van der Waals surface area contributed by atoms with Crippen molar-refractivity contribution in [1.82, 2.24) is 15.5 Å². The van der Waals surface area contributed by atoms with Gasteiger partial charge >= 0.3 is 6.18 Å². The van der Waals surface area contributed by atoms with E-state index in [4.69, 9.17) is 0 Å². The molecule has 30 heavy (non-hydrogen) atoms. The second-order valence-corrected chi connectivity index (χ2v) is 6.35. The number of halogens is 4. The zero-order valence-electron chi connectivity index (χ0n) is 16.0. The van der Waals surface area contributed by atoms with E-state index in [1.165, 1.54) is 17.0 Å². The molecular weight excluding hydrogens is 512 g/mol. The summed E-state index contributed by atoms with van der Waals surface area (Å²) in [7, 11) is 1.55. The molecule has 1 heterocycles. The van der Waals surface area contributed by atoms with Gasteiger partial charge in [0.25, 0.3) is 11.8 Å². The SMILES string of the molecule is CN=C(NCCN1C(=O)c2ccccc2C1=O)NCc1ccc(C(F)(F)F)cc1.I. The number of hydrogen-bond donors (Lipinski definition) is 2. The number of rotatable bonds is 5. The number of carbonyl (C=O) groups is 2. The third-order valence-corrected chi connectivity index (χ3v) is 4.47. The molecule has 3 rings (SSSR count). The van der Waals surface area contributed by atoms with E-state index in [-0.39, 0.29) is 55.4 Å². The molecule has 0 fully saturated rings. The lowest BCUT2D eigenvalue weighted by Gasteiger charge is -2.16. The highest BCUT2D eigenvalue weighted by molar-refractivity contribution is 14.0. The van der Waals surface area contributed by atoms with Gasteiger partial charge < -0.3 is 10.6 Å². The van der Waals surface area contributed by atoms with Crippen molar-refractivity contribution in [3.63, 3.8) is 0 Å². The predicted octanol–water partition coefficient (Wildman–Crippen LogP) is 3.28. The van der Waals surface area contributed by atoms with Crippen molar-refractivity contribution >= 4 is 41.8 Å². The maximum absolute atomic E-state index is 12.6. The van der Waals surface area contributed by atoms with Crippen LogP contribution < -0.4 is 10.6 Å². The summed E-state index contributed by atoms with van der Waals surface area (Å²) >= 11 is 0. The highest BCUT2D eigenvalue weighted by atomic mass is 127. The molecule has 0 aliphatic carbocycles. The van der Waals surface area contributed by atoms with Crippen LogP contribution in [-0.4, -0.2) is 42.8 Å². The lowest BCUT2D eigenvalue weighted by molar-refractivity contribution is -0.137. The lowest BCUT2D eigenvalue weighted by atomic mass is 10.1. The fraction of sp³-hybridized carbons (Fsp3) is 0.250. The Balaban J connectivity index is 0.00000320. The first-order valence-electron chi connectivity index (χ1n) is 8.87. The van der Waals surface area contributed by atoms with Crippen molar-refractivity contribution in [3.05, 3.63) is 70.8 Å². The van der Waals surface area contributed by atoms with E-state index >= 15 is 0 Å². The Labute approximate surface area is 188 Å². The summed E-state index contributed by atoms with van der Waals surface area (Å²) in [6, 6.07) is 11.5. The Bertz CT molecular complexity index is 911. The van der Waals surface area contributed by atoms with Crippen LogP contribution in [0.1, 0.15) is 31.8 Å². The summed E-state index contributed by atoms with van der Waals surface area (Å²) < 4.78 is 37.8. The summed E-state index contributed by atoms with van der Waals surface area (Å²) in [6.45, 7) is 0.705. The van der Waals surface area contributed by atoms with E-state index in [0.717, 1.165) is 12.1 Å². The molecule has 0 aromatic heterocycles. The number of carbonyl (C=O) groups excluding carboxylic acids is 2. The normalized spacial score (nSPS) is 13.7. The van der Waals surface area contributed by atoms with Crippen molar-refractivity contribution in [1.29, 1.82) is 0 Å². The predicted molar refractivity (Wildman–Crippen MR) is 117 cm³/mol. The highest BCUT2D eigenvalue weighted by Crippen LogP contribution is 2.29. The fourth-order valence-electron chi connectivity index (χ4n) is 2.95. The first-order chi connectivity index (χ1) is 13.8. The van der Waals surface area contributed by atoms with Gasteiger partial charge in [-0.15, -0.1) is 24.0 Å². The van der Waals surface area contributed by atoms with Crippen molar-refractivity contribution in [2.75, 3.05) is 20.1 Å². The van der Waals surface area contributed by atoms with E-state index < -0.39 is 11.7 Å². The number of alkyl halides is 3. The van der Waals surface area contributed by atoms with Crippen molar-refractivity contribution < 1.29 is 22.8 Å². The molecule has 0 unspecified atom stereocenters. The molecule has 160 valence electrons. The average molecular weight is 532 g/mol. The number of fused-ring (bicyclic) bond motifs is 1. The Hall–Kier alpha value is -2.63. The minimum atomic E-state index is -4.37. The van der Waals surface area contributed by atoms with E-state index in [1.54, 1.807) is 31.3 Å². The monoisotopic (exact) mass is 532 g/mol. The maximum Gasteiger partial charge on any atom is 0.416 e. The van der Waals surface area contributed by atoms with Gasteiger partial charge in [0.05, 0.1) is 16.7 Å². The van der Waals surface area contributed by atoms with Gasteiger partial charge in [-0.05, 0) is 29.8 Å². The minimum absolute atomic E-state index is 0. The number of benzene rings is 2. The first-order valence-corrected chi connectivity index (χ1v) is 8.87. The van der Waals surface area contributed by atoms with Crippen molar-refractivity contribution in [2.45, 2.75) is 12.7 Å². The zero-order chi connectivity index (χ0) is 21.0. The molecule has 0 atom stereocenters. The average Bonchev–Trinajstić information content (AvgIpc) is 2.95. The Morgan fingerprint density at radius 1 is 0.967 bits per heavy atom. The van der Waals surface area contributed by atoms with Gasteiger partial charge in [-0.3, -0.25) is 19.5 Å². The second kappa shape index (κ2) is 9.92. The molecular formula is C20H20F3IN4O2. The molecule has 6 nitrogen and oxygen atoms in total. The molecule has 1 aliphatic rings. The van der Waals surface area contributed by atoms with Crippen LogP contribution in [0, 0.1) is 0 Å². The van der Waals surface area contributed by atoms with Crippen LogP contribution in [0.15, 0.2) is 53.5 Å². The van der Waals surface area contributed by atoms with Crippen LogP contribution in [0.4, 0.5) is 13.2 Å². The Morgan fingerprint density at radius 3 is 2.03 bits per heavy atom. The molecule has 0 bridgehead atoms. The van der Waals surface area contributed by atoms with Crippen LogP contribution in [0.3, 0.4) is 0 Å². The standard InChI is InChI=1S/C20H19F3N4O2.HI/c1-24-19(26-12-13-6-8-14(9-7-13)20(21,22)23)25-10-11-27-17(28)15-4-2-3-5-16(15)18(27)29;/h2-9H,10-12H2,1H3,(H2,24,25,26);1H. The summed E-state index contributed by atoms with van der Waals surface area (Å²) in [5.41, 5.74) is 0.732. The van der Waals surface area contributed by atoms with Crippen LogP contribution in [0.25, 0.3) is 0 Å². The van der Waals surface area contributed by atoms with Gasteiger partial charge in [0.1, 0.15) is 0 Å². The van der Waals surface area contributed by atoms with E-state index in [9.17, 15) is 22.8 Å². The highest BCUT2D eigenvalue weighted by Gasteiger charge is 2.34. The van der Waals surface area contributed by atoms with Crippen LogP contribution >= 0.6 is 24.0 Å². The van der Waals surface area contributed by atoms with Crippen LogP contribution in [0.2, 0.25) is 0 Å². The molecule has 2 N–H and O–H groups in total. The van der Waals surface area contributed by atoms with Gasteiger partial charge in [0.15, 0.2) is 5.96 Å². The molecule has 1 aliphatic heterocycles. The van der Waals surface area contributed by atoms with Gasteiger partial charge in [-0.2, -0.15) is 13.2 Å². The van der Waals surface area contributed by atoms with Gasteiger partial charge in [0, 0.05) is 26.7 Å². The summed E-state index contributed by atoms with van der Waals surface area (Å²) in [6.07, 6.45) is -4.37. The summed E-state index contributed by atoms with van der Waals surface area (Å²) in [4.78, 5) is 29.8. The smallest absolute Gasteiger partial charge is 0.355 e. The first kappa shape index (κ1) is 23.6. The quantitative estimate of drug-likeness (QED) is 0.269. The maximum atomic E-state index is 12.6. The van der Waals surface area contributed by atoms with E-state index in [2.05, 4.69) is 15.6 Å². The number of amides is 2. The fourth-order valence-corrected chi connectivity index (χ4v) is 2.95. The van der Waals surface area contributed by atoms with Crippen molar-refractivity contribution in [2.24, 2.45) is 4.99 Å². The van der Waals surface area contributed by atoms with Crippen LogP contribution in [-0.2, 0) is 12.7 Å². The largest absolute Gasteiger partial charge is 0.416 e. The molecule has 0 saturated carbocycles. The number of nitrogens with zero attached hydrogens (tertiary/aromatic N) is 2. The molecule has 2 aromatic rings. The van der Waals surface area contributed by atoms with Crippen molar-refractivity contribution in [3.8, 4) is 0 Å². The van der Waals surface area contributed by atoms with E-state index in [1.807, 2.05) is 0 Å². The third-order valence-electron chi connectivity index (χ3n) is 4.47. The zero-order valence-corrected chi connectivity index (χ0v) is 18.3.